The predicted molar refractivity (Wildman–Crippen MR) is 113 cm³/mol. The molecule has 1 amide bonds. The SMILES string of the molecule is COc1ccc(OC)c(C2c3c(oc4ccc(F)cc4c3=O)C(=O)N2c2nccs2)c1. The van der Waals surface area contributed by atoms with Gasteiger partial charge in [-0.2, -0.15) is 0 Å². The number of carbonyl (C=O) groups excluding carboxylic acids is 1. The van der Waals surface area contributed by atoms with E-state index < -0.39 is 23.2 Å². The number of amides is 1. The zero-order valence-electron chi connectivity index (χ0n) is 16.4. The number of ether oxygens (including phenoxy) is 2. The molecule has 1 aliphatic heterocycles. The standard InChI is InChI=1S/C22H15FN2O5S/c1-28-12-4-6-15(29-2)13(10-12)18-17-19(26)14-9-11(23)3-5-16(14)30-20(17)21(27)25(18)22-24-7-8-31-22/h3-10,18H,1-2H3. The first-order chi connectivity index (χ1) is 15.0. The molecule has 0 spiro atoms. The van der Waals surface area contributed by atoms with Crippen LogP contribution in [0.2, 0.25) is 0 Å². The van der Waals surface area contributed by atoms with Crippen molar-refractivity contribution in [3.63, 3.8) is 0 Å². The molecular formula is C22H15FN2O5S. The van der Waals surface area contributed by atoms with Gasteiger partial charge in [0, 0.05) is 17.1 Å². The fourth-order valence-corrected chi connectivity index (χ4v) is 4.49. The molecule has 31 heavy (non-hydrogen) atoms. The second-order valence-electron chi connectivity index (χ2n) is 6.81. The molecule has 0 fully saturated rings. The van der Waals surface area contributed by atoms with Crippen LogP contribution in [0.3, 0.4) is 0 Å². The number of carbonyl (C=O) groups is 1. The molecule has 7 nitrogen and oxygen atoms in total. The minimum absolute atomic E-state index is 0.0550. The Morgan fingerprint density at radius 1 is 1.13 bits per heavy atom. The number of halogens is 1. The summed E-state index contributed by atoms with van der Waals surface area (Å²) in [6, 6.07) is 7.85. The lowest BCUT2D eigenvalue weighted by molar-refractivity contribution is 0.0970. The minimum atomic E-state index is -0.886. The van der Waals surface area contributed by atoms with E-state index >= 15 is 0 Å². The lowest BCUT2D eigenvalue weighted by atomic mass is 9.97. The Bertz CT molecular complexity index is 1380. The highest BCUT2D eigenvalue weighted by molar-refractivity contribution is 7.13. The lowest BCUT2D eigenvalue weighted by Crippen LogP contribution is -2.29. The van der Waals surface area contributed by atoms with Crippen molar-refractivity contribution in [1.29, 1.82) is 0 Å². The van der Waals surface area contributed by atoms with Gasteiger partial charge in [0.05, 0.1) is 25.2 Å². The first kappa shape index (κ1) is 19.3. The van der Waals surface area contributed by atoms with Crippen LogP contribution in [0.5, 0.6) is 11.5 Å². The second kappa shape index (κ2) is 7.21. The largest absolute Gasteiger partial charge is 0.497 e. The van der Waals surface area contributed by atoms with Crippen molar-refractivity contribution in [3.8, 4) is 11.5 Å². The molecule has 2 aromatic carbocycles. The third-order valence-corrected chi connectivity index (χ3v) is 5.96. The lowest BCUT2D eigenvalue weighted by Gasteiger charge is -2.24. The summed E-state index contributed by atoms with van der Waals surface area (Å²) in [6.07, 6.45) is 1.57. The average Bonchev–Trinajstić information content (AvgIpc) is 3.40. The minimum Gasteiger partial charge on any atom is -0.497 e. The van der Waals surface area contributed by atoms with Gasteiger partial charge >= 0.3 is 0 Å². The van der Waals surface area contributed by atoms with Crippen molar-refractivity contribution in [2.75, 3.05) is 19.1 Å². The van der Waals surface area contributed by atoms with Crippen molar-refractivity contribution in [2.45, 2.75) is 6.04 Å². The summed E-state index contributed by atoms with van der Waals surface area (Å²) < 4.78 is 30.6. The highest BCUT2D eigenvalue weighted by Crippen LogP contribution is 2.45. The summed E-state index contributed by atoms with van der Waals surface area (Å²) in [7, 11) is 3.01. The number of fused-ring (bicyclic) bond motifs is 2. The summed E-state index contributed by atoms with van der Waals surface area (Å²) in [5.74, 6) is -0.215. The van der Waals surface area contributed by atoms with E-state index in [-0.39, 0.29) is 22.3 Å². The van der Waals surface area contributed by atoms with Crippen LogP contribution in [0.4, 0.5) is 9.52 Å². The number of benzene rings is 2. The first-order valence-electron chi connectivity index (χ1n) is 9.24. The maximum atomic E-state index is 13.9. The third kappa shape index (κ3) is 2.89. The van der Waals surface area contributed by atoms with E-state index in [1.165, 1.54) is 42.6 Å². The summed E-state index contributed by atoms with van der Waals surface area (Å²) in [6.45, 7) is 0. The molecule has 0 aliphatic carbocycles. The number of aromatic nitrogens is 1. The normalized spacial score (nSPS) is 15.4. The Morgan fingerprint density at radius 2 is 1.97 bits per heavy atom. The van der Waals surface area contributed by atoms with Crippen molar-refractivity contribution in [2.24, 2.45) is 0 Å². The molecule has 3 heterocycles. The number of anilines is 1. The Morgan fingerprint density at radius 3 is 2.68 bits per heavy atom. The van der Waals surface area contributed by atoms with E-state index in [9.17, 15) is 14.0 Å². The molecule has 1 unspecified atom stereocenters. The van der Waals surface area contributed by atoms with Gasteiger partial charge in [0.1, 0.15) is 28.9 Å². The van der Waals surface area contributed by atoms with E-state index in [1.54, 1.807) is 29.8 Å². The van der Waals surface area contributed by atoms with Gasteiger partial charge in [0.15, 0.2) is 10.6 Å². The van der Waals surface area contributed by atoms with Gasteiger partial charge in [-0.25, -0.2) is 9.37 Å². The first-order valence-corrected chi connectivity index (χ1v) is 10.1. The molecule has 0 N–H and O–H groups in total. The maximum Gasteiger partial charge on any atom is 0.297 e. The van der Waals surface area contributed by atoms with Crippen LogP contribution >= 0.6 is 11.3 Å². The maximum absolute atomic E-state index is 13.9. The van der Waals surface area contributed by atoms with E-state index in [4.69, 9.17) is 13.9 Å². The molecule has 0 radical (unpaired) electrons. The van der Waals surface area contributed by atoms with Crippen molar-refractivity contribution < 1.29 is 23.1 Å². The Labute approximate surface area is 179 Å². The molecule has 9 heteroatoms. The van der Waals surface area contributed by atoms with E-state index in [2.05, 4.69) is 4.98 Å². The van der Waals surface area contributed by atoms with Crippen LogP contribution < -0.4 is 19.8 Å². The fraction of sp³-hybridized carbons (Fsp3) is 0.136. The number of nitrogens with zero attached hydrogens (tertiary/aromatic N) is 2. The smallest absolute Gasteiger partial charge is 0.297 e. The fourth-order valence-electron chi connectivity index (χ4n) is 3.82. The molecule has 0 bridgehead atoms. The molecular weight excluding hydrogens is 423 g/mol. The molecule has 1 aliphatic rings. The molecule has 2 aromatic heterocycles. The van der Waals surface area contributed by atoms with E-state index in [0.717, 1.165) is 6.07 Å². The number of hydrogen-bond donors (Lipinski definition) is 0. The molecule has 4 aromatic rings. The van der Waals surface area contributed by atoms with Crippen LogP contribution in [0.25, 0.3) is 11.0 Å². The van der Waals surface area contributed by atoms with Crippen LogP contribution in [0.1, 0.15) is 27.7 Å². The summed E-state index contributed by atoms with van der Waals surface area (Å²) in [4.78, 5) is 32.5. The predicted octanol–water partition coefficient (Wildman–Crippen LogP) is 4.16. The zero-order chi connectivity index (χ0) is 21.7. The average molecular weight is 438 g/mol. The van der Waals surface area contributed by atoms with Crippen LogP contribution in [0.15, 0.2) is 57.2 Å². The molecule has 0 saturated carbocycles. The second-order valence-corrected chi connectivity index (χ2v) is 7.69. The van der Waals surface area contributed by atoms with Gasteiger partial charge < -0.3 is 13.9 Å². The Balaban J connectivity index is 1.86. The summed E-state index contributed by atoms with van der Waals surface area (Å²) in [5, 5.41) is 2.17. The topological polar surface area (TPSA) is 81.9 Å². The van der Waals surface area contributed by atoms with Gasteiger partial charge in [0.25, 0.3) is 5.91 Å². The van der Waals surface area contributed by atoms with Crippen molar-refractivity contribution >= 4 is 33.3 Å². The van der Waals surface area contributed by atoms with Gasteiger partial charge in [-0.15, -0.1) is 11.3 Å². The van der Waals surface area contributed by atoms with Crippen molar-refractivity contribution in [3.05, 3.63) is 80.9 Å². The summed E-state index contributed by atoms with van der Waals surface area (Å²) >= 11 is 1.25. The molecule has 5 rings (SSSR count). The number of hydrogen-bond acceptors (Lipinski definition) is 7. The van der Waals surface area contributed by atoms with E-state index in [0.29, 0.717) is 22.2 Å². The number of methoxy groups -OCH3 is 2. The Kier molecular flexibility index (Phi) is 4.48. The van der Waals surface area contributed by atoms with Crippen LogP contribution in [0, 0.1) is 5.82 Å². The quantitative estimate of drug-likeness (QED) is 0.476. The Hall–Kier alpha value is -3.72. The third-order valence-electron chi connectivity index (χ3n) is 5.19. The summed E-state index contributed by atoms with van der Waals surface area (Å²) in [5.41, 5.74) is 0.269. The molecule has 0 saturated heterocycles. The van der Waals surface area contributed by atoms with E-state index in [1.807, 2.05) is 0 Å². The van der Waals surface area contributed by atoms with Gasteiger partial charge in [-0.05, 0) is 36.4 Å². The molecule has 156 valence electrons. The van der Waals surface area contributed by atoms with Gasteiger partial charge in [0.2, 0.25) is 5.76 Å². The zero-order valence-corrected chi connectivity index (χ0v) is 17.2. The van der Waals surface area contributed by atoms with Crippen molar-refractivity contribution in [1.82, 2.24) is 4.98 Å². The number of rotatable bonds is 4. The monoisotopic (exact) mass is 438 g/mol. The molecule has 1 atom stereocenters. The van der Waals surface area contributed by atoms with Gasteiger partial charge in [-0.3, -0.25) is 14.5 Å². The van der Waals surface area contributed by atoms with Crippen LogP contribution in [-0.4, -0.2) is 25.1 Å². The van der Waals surface area contributed by atoms with Crippen LogP contribution in [-0.2, 0) is 0 Å². The van der Waals surface area contributed by atoms with Gasteiger partial charge in [-0.1, -0.05) is 0 Å². The number of thiazole rings is 1. The highest BCUT2D eigenvalue weighted by atomic mass is 32.1. The highest BCUT2D eigenvalue weighted by Gasteiger charge is 2.46.